The van der Waals surface area contributed by atoms with Gasteiger partial charge in [0.1, 0.15) is 5.60 Å². The second kappa shape index (κ2) is 8.85. The first-order valence-corrected chi connectivity index (χ1v) is 8.82. The van der Waals surface area contributed by atoms with Crippen LogP contribution in [-0.2, 0) is 19.1 Å². The zero-order valence-corrected chi connectivity index (χ0v) is 16.2. The number of ether oxygens (including phenoxy) is 2. The monoisotopic (exact) mass is 345 g/mol. The van der Waals surface area contributed by atoms with Crippen LogP contribution in [0, 0.1) is 0 Å². The van der Waals surface area contributed by atoms with Gasteiger partial charge in [-0.3, -0.25) is 15.3 Å². The lowest BCUT2D eigenvalue weighted by atomic mass is 10.00. The largest absolute Gasteiger partial charge is 0.459 e. The van der Waals surface area contributed by atoms with Gasteiger partial charge in [-0.2, -0.15) is 0 Å². The third kappa shape index (κ3) is 9.13. The molecule has 0 saturated heterocycles. The van der Waals surface area contributed by atoms with E-state index in [0.29, 0.717) is 23.0 Å². The number of rotatable bonds is 10. The fourth-order valence-corrected chi connectivity index (χ4v) is 2.77. The third-order valence-electron chi connectivity index (χ3n) is 2.99. The van der Waals surface area contributed by atoms with Crippen LogP contribution in [0.5, 0.6) is 0 Å². The van der Waals surface area contributed by atoms with E-state index < -0.39 is 11.3 Å². The number of hydrogen-bond acceptors (Lipinski definition) is 6. The van der Waals surface area contributed by atoms with Gasteiger partial charge in [-0.05, 0) is 45.4 Å². The summed E-state index contributed by atoms with van der Waals surface area (Å²) in [5.74, 6) is -0.277. The summed E-state index contributed by atoms with van der Waals surface area (Å²) in [5, 5.41) is 0.374. The first-order chi connectivity index (χ1) is 10.3. The van der Waals surface area contributed by atoms with Gasteiger partial charge >= 0.3 is 5.97 Å². The number of Topliss-reactive ketones (excluding diaryl/α,β-unsaturated/α-hetero) is 1. The smallest absolute Gasteiger partial charge is 0.316 e. The van der Waals surface area contributed by atoms with Crippen LogP contribution in [-0.4, -0.2) is 40.2 Å². The minimum atomic E-state index is -1.43. The summed E-state index contributed by atoms with van der Waals surface area (Å²) in [7, 11) is 0. The highest BCUT2D eigenvalue weighted by Gasteiger charge is 2.34. The second-order valence-corrected chi connectivity index (χ2v) is 8.51. The van der Waals surface area contributed by atoms with Crippen LogP contribution in [0.15, 0.2) is 12.2 Å². The molecule has 0 aliphatic rings. The maximum atomic E-state index is 12.0. The molecule has 134 valence electrons. The van der Waals surface area contributed by atoms with Crippen molar-refractivity contribution < 1.29 is 19.1 Å². The van der Waals surface area contributed by atoms with Gasteiger partial charge in [0.25, 0.3) is 0 Å². The summed E-state index contributed by atoms with van der Waals surface area (Å²) in [5.41, 5.74) is 4.14. The van der Waals surface area contributed by atoms with Gasteiger partial charge in [0, 0.05) is 6.42 Å². The van der Waals surface area contributed by atoms with Gasteiger partial charge in [-0.25, -0.2) is 0 Å². The maximum absolute atomic E-state index is 12.0. The van der Waals surface area contributed by atoms with E-state index in [4.69, 9.17) is 15.2 Å². The second-order valence-electron chi connectivity index (χ2n) is 6.94. The van der Waals surface area contributed by atoms with Gasteiger partial charge < -0.3 is 9.47 Å². The molecule has 0 rings (SSSR count). The predicted octanol–water partition coefficient (Wildman–Crippen LogP) is 3.07. The number of hydrogen-bond donors (Lipinski definition) is 1. The Labute approximate surface area is 144 Å². The molecule has 23 heavy (non-hydrogen) atoms. The van der Waals surface area contributed by atoms with Crippen molar-refractivity contribution in [3.8, 4) is 0 Å². The molecular weight excluding hydrogens is 314 g/mol. The van der Waals surface area contributed by atoms with Crippen LogP contribution in [0.3, 0.4) is 0 Å². The summed E-state index contributed by atoms with van der Waals surface area (Å²) in [6.07, 6.45) is 0.0790. The molecule has 0 spiro atoms. The van der Waals surface area contributed by atoms with Crippen LogP contribution in [0.2, 0.25) is 0 Å². The van der Waals surface area contributed by atoms with Gasteiger partial charge in [-0.15, -0.1) is 11.8 Å². The van der Waals surface area contributed by atoms with E-state index >= 15 is 0 Å². The van der Waals surface area contributed by atoms with Gasteiger partial charge in [0.15, 0.2) is 5.72 Å². The molecule has 0 amide bonds. The average Bonchev–Trinajstić information content (AvgIpc) is 2.32. The Balaban J connectivity index is 4.57. The molecule has 0 aromatic carbocycles. The maximum Gasteiger partial charge on any atom is 0.316 e. The normalized spacial score (nSPS) is 15.9. The van der Waals surface area contributed by atoms with Crippen molar-refractivity contribution in [1.82, 2.24) is 0 Å². The fourth-order valence-electron chi connectivity index (χ4n) is 2.24. The zero-order valence-electron chi connectivity index (χ0n) is 15.4. The number of nitrogens with two attached hydrogens (primary N) is 1. The van der Waals surface area contributed by atoms with Crippen molar-refractivity contribution in [2.75, 3.05) is 5.75 Å². The molecule has 0 aromatic heterocycles. The van der Waals surface area contributed by atoms with Gasteiger partial charge in [0.05, 0.1) is 11.9 Å². The highest BCUT2D eigenvalue weighted by Crippen LogP contribution is 2.23. The number of thioether (sulfide) groups is 1. The molecule has 0 aromatic rings. The lowest BCUT2D eigenvalue weighted by molar-refractivity contribution is -0.163. The van der Waals surface area contributed by atoms with E-state index in [9.17, 15) is 9.59 Å². The Hall–Kier alpha value is -0.850. The van der Waals surface area contributed by atoms with Crippen LogP contribution in [0.4, 0.5) is 0 Å². The first-order valence-electron chi connectivity index (χ1n) is 7.77. The molecule has 0 heterocycles. The molecular formula is C17H31NO4S. The van der Waals surface area contributed by atoms with Crippen LogP contribution in [0.1, 0.15) is 54.9 Å². The lowest BCUT2D eigenvalue weighted by Gasteiger charge is -2.32. The fraction of sp³-hybridized carbons (Fsp3) is 0.765. The lowest BCUT2D eigenvalue weighted by Crippen LogP contribution is -2.50. The van der Waals surface area contributed by atoms with Crippen molar-refractivity contribution >= 4 is 23.5 Å². The van der Waals surface area contributed by atoms with E-state index in [2.05, 4.69) is 6.58 Å². The minimum Gasteiger partial charge on any atom is -0.459 e. The van der Waals surface area contributed by atoms with E-state index in [1.807, 2.05) is 27.7 Å². The van der Waals surface area contributed by atoms with Crippen LogP contribution < -0.4 is 5.73 Å². The molecule has 2 atom stereocenters. The number of ketones is 1. The van der Waals surface area contributed by atoms with E-state index in [1.165, 1.54) is 18.7 Å². The Morgan fingerprint density at radius 3 is 2.17 bits per heavy atom. The molecule has 0 aliphatic carbocycles. The molecule has 5 nitrogen and oxygen atoms in total. The van der Waals surface area contributed by atoms with E-state index in [1.54, 1.807) is 13.8 Å². The molecule has 0 aliphatic heterocycles. The quantitative estimate of drug-likeness (QED) is 0.372. The summed E-state index contributed by atoms with van der Waals surface area (Å²) < 4.78 is 11.1. The minimum absolute atomic E-state index is 0.255. The van der Waals surface area contributed by atoms with Crippen molar-refractivity contribution in [2.24, 2.45) is 5.73 Å². The van der Waals surface area contributed by atoms with Crippen molar-refractivity contribution in [3.05, 3.63) is 12.2 Å². The summed E-state index contributed by atoms with van der Waals surface area (Å²) in [6, 6.07) is 0. The standard InChI is InChI=1S/C17H31NO4S/c1-11(2)15(20)17(8,18)21-13(5)9-16(6,7)22-14(19)10-23-12(3)4/h12-13H,1,9-10,18H2,2-8H3. The summed E-state index contributed by atoms with van der Waals surface area (Å²) >= 11 is 1.54. The topological polar surface area (TPSA) is 78.6 Å². The van der Waals surface area contributed by atoms with Crippen molar-refractivity contribution in [3.63, 3.8) is 0 Å². The predicted molar refractivity (Wildman–Crippen MR) is 95.3 cm³/mol. The van der Waals surface area contributed by atoms with E-state index in [-0.39, 0.29) is 17.9 Å². The van der Waals surface area contributed by atoms with Crippen LogP contribution >= 0.6 is 11.8 Å². The van der Waals surface area contributed by atoms with Gasteiger partial charge in [-0.1, -0.05) is 20.4 Å². The SMILES string of the molecule is C=C(C)C(=O)C(C)(N)OC(C)CC(C)(C)OC(=O)CSC(C)C. The first kappa shape index (κ1) is 22.1. The van der Waals surface area contributed by atoms with Crippen LogP contribution in [0.25, 0.3) is 0 Å². The highest BCUT2D eigenvalue weighted by molar-refractivity contribution is 8.00. The summed E-state index contributed by atoms with van der Waals surface area (Å²) in [6.45, 7) is 16.2. The number of carbonyl (C=O) groups is 2. The number of esters is 1. The third-order valence-corrected chi connectivity index (χ3v) is 4.06. The van der Waals surface area contributed by atoms with E-state index in [0.717, 1.165) is 0 Å². The number of carbonyl (C=O) groups excluding carboxylic acids is 2. The van der Waals surface area contributed by atoms with Crippen molar-refractivity contribution in [2.45, 2.75) is 77.6 Å². The molecule has 0 radical (unpaired) electrons. The molecule has 2 unspecified atom stereocenters. The van der Waals surface area contributed by atoms with Gasteiger partial charge in [0.2, 0.25) is 5.78 Å². The zero-order chi connectivity index (χ0) is 18.4. The Bertz CT molecular complexity index is 444. The Kier molecular flexibility index (Phi) is 8.52. The average molecular weight is 346 g/mol. The van der Waals surface area contributed by atoms with Crippen molar-refractivity contribution in [1.29, 1.82) is 0 Å². The molecule has 6 heteroatoms. The Morgan fingerprint density at radius 1 is 1.22 bits per heavy atom. The molecule has 0 saturated carbocycles. The summed E-state index contributed by atoms with van der Waals surface area (Å²) in [4.78, 5) is 23.8. The molecule has 0 bridgehead atoms. The molecule has 0 fully saturated rings. The highest BCUT2D eigenvalue weighted by atomic mass is 32.2. The Morgan fingerprint density at radius 2 is 1.74 bits per heavy atom. The molecule has 2 N–H and O–H groups in total.